The maximum atomic E-state index is 12.0. The molecule has 1 aromatic heterocycles. The highest BCUT2D eigenvalue weighted by Crippen LogP contribution is 2.20. The molecule has 1 unspecified atom stereocenters. The summed E-state index contributed by atoms with van der Waals surface area (Å²) in [7, 11) is 0. The van der Waals surface area contributed by atoms with E-state index in [0.717, 1.165) is 11.0 Å². The van der Waals surface area contributed by atoms with E-state index >= 15 is 0 Å². The Morgan fingerprint density at radius 3 is 2.89 bits per heavy atom. The first-order valence-electron chi connectivity index (χ1n) is 5.53. The first-order valence-corrected chi connectivity index (χ1v) is 6.41. The molecule has 0 bridgehead atoms. The Bertz CT molecular complexity index is 494. The fourth-order valence-corrected chi connectivity index (χ4v) is 2.59. The smallest absolute Gasteiger partial charge is 0.328 e. The zero-order chi connectivity index (χ0) is 13.1. The quantitative estimate of drug-likeness (QED) is 0.802. The summed E-state index contributed by atoms with van der Waals surface area (Å²) in [4.78, 5) is 24.7. The van der Waals surface area contributed by atoms with Crippen LogP contribution in [0.15, 0.2) is 17.5 Å². The number of nitrogens with zero attached hydrogens (tertiary/aromatic N) is 1. The van der Waals surface area contributed by atoms with Crippen LogP contribution in [-0.2, 0) is 4.79 Å². The molecule has 2 rings (SSSR count). The monoisotopic (exact) mass is 267 g/mol. The molecule has 0 aliphatic carbocycles. The molecule has 0 aromatic carbocycles. The third-order valence-electron chi connectivity index (χ3n) is 2.71. The van der Waals surface area contributed by atoms with Crippen molar-refractivity contribution >= 4 is 29.3 Å². The van der Waals surface area contributed by atoms with Crippen LogP contribution in [0.3, 0.4) is 0 Å². The molecule has 1 aromatic rings. The molecule has 1 aliphatic heterocycles. The van der Waals surface area contributed by atoms with E-state index in [0.29, 0.717) is 25.1 Å². The van der Waals surface area contributed by atoms with Crippen LogP contribution < -0.4 is 0 Å². The summed E-state index contributed by atoms with van der Waals surface area (Å²) in [5, 5.41) is 19.6. The number of aliphatic carboxylic acids is 1. The minimum absolute atomic E-state index is 0.113. The topological polar surface area (TPSA) is 77.8 Å². The van der Waals surface area contributed by atoms with Crippen molar-refractivity contribution in [3.8, 4) is 0 Å². The van der Waals surface area contributed by atoms with Crippen LogP contribution in [0.25, 0.3) is 6.08 Å². The SMILES string of the molecule is O=C(O)C=Cc1cc(C(=O)N2CCC(O)C2)cs1. The second kappa shape index (κ2) is 5.32. The van der Waals surface area contributed by atoms with E-state index < -0.39 is 12.1 Å². The number of hydrogen-bond donors (Lipinski definition) is 2. The standard InChI is InChI=1S/C12H13NO4S/c14-9-3-4-13(6-9)12(17)8-5-10(18-7-8)1-2-11(15)16/h1-2,5,7,9,14H,3-4,6H2,(H,15,16). The molecule has 0 saturated carbocycles. The number of carbonyl (C=O) groups excluding carboxylic acids is 1. The van der Waals surface area contributed by atoms with Crippen LogP contribution in [-0.4, -0.2) is 46.2 Å². The lowest BCUT2D eigenvalue weighted by atomic mass is 10.2. The fourth-order valence-electron chi connectivity index (χ4n) is 1.81. The molecule has 2 heterocycles. The first kappa shape index (κ1) is 12.8. The van der Waals surface area contributed by atoms with Gasteiger partial charge in [0.1, 0.15) is 0 Å². The normalized spacial score (nSPS) is 19.6. The molecule has 1 atom stereocenters. The Balaban J connectivity index is 2.05. The summed E-state index contributed by atoms with van der Waals surface area (Å²) in [6.07, 6.45) is 2.68. The van der Waals surface area contributed by atoms with Crippen LogP contribution in [0.2, 0.25) is 0 Å². The Labute approximate surface area is 108 Å². The summed E-state index contributed by atoms with van der Waals surface area (Å²) in [5.41, 5.74) is 0.541. The average Bonchev–Trinajstić information content (AvgIpc) is 2.94. The lowest BCUT2D eigenvalue weighted by Crippen LogP contribution is -2.29. The van der Waals surface area contributed by atoms with Gasteiger partial charge in [-0.1, -0.05) is 0 Å². The number of carboxylic acid groups (broad SMARTS) is 1. The number of rotatable bonds is 3. The van der Waals surface area contributed by atoms with Crippen LogP contribution in [0, 0.1) is 0 Å². The third kappa shape index (κ3) is 2.96. The lowest BCUT2D eigenvalue weighted by Gasteiger charge is -2.13. The first-order chi connectivity index (χ1) is 8.56. The largest absolute Gasteiger partial charge is 0.478 e. The maximum absolute atomic E-state index is 12.0. The highest BCUT2D eigenvalue weighted by Gasteiger charge is 2.25. The van der Waals surface area contributed by atoms with Gasteiger partial charge < -0.3 is 15.1 Å². The number of hydrogen-bond acceptors (Lipinski definition) is 4. The van der Waals surface area contributed by atoms with Gasteiger partial charge in [0.2, 0.25) is 0 Å². The van der Waals surface area contributed by atoms with E-state index in [1.807, 2.05) is 0 Å². The van der Waals surface area contributed by atoms with Crippen molar-refractivity contribution in [3.05, 3.63) is 28.0 Å². The Hall–Kier alpha value is -1.66. The Morgan fingerprint density at radius 2 is 2.28 bits per heavy atom. The zero-order valence-corrected chi connectivity index (χ0v) is 10.4. The van der Waals surface area contributed by atoms with Crippen molar-refractivity contribution in [3.63, 3.8) is 0 Å². The molecular weight excluding hydrogens is 254 g/mol. The molecule has 1 saturated heterocycles. The van der Waals surface area contributed by atoms with E-state index in [-0.39, 0.29) is 5.91 Å². The second-order valence-corrected chi connectivity index (χ2v) is 5.05. The van der Waals surface area contributed by atoms with Gasteiger partial charge in [-0.3, -0.25) is 4.79 Å². The highest BCUT2D eigenvalue weighted by molar-refractivity contribution is 7.11. The average molecular weight is 267 g/mol. The van der Waals surface area contributed by atoms with Crippen molar-refractivity contribution in [2.75, 3.05) is 13.1 Å². The van der Waals surface area contributed by atoms with E-state index in [4.69, 9.17) is 5.11 Å². The second-order valence-electron chi connectivity index (χ2n) is 4.10. The van der Waals surface area contributed by atoms with E-state index in [2.05, 4.69) is 0 Å². The molecule has 5 nitrogen and oxygen atoms in total. The number of amides is 1. The zero-order valence-electron chi connectivity index (χ0n) is 9.57. The molecule has 96 valence electrons. The minimum atomic E-state index is -1.01. The van der Waals surface area contributed by atoms with Gasteiger partial charge >= 0.3 is 5.97 Å². The van der Waals surface area contributed by atoms with Crippen LogP contribution in [0.5, 0.6) is 0 Å². The van der Waals surface area contributed by atoms with Crippen LogP contribution in [0.1, 0.15) is 21.7 Å². The van der Waals surface area contributed by atoms with Gasteiger partial charge in [0.15, 0.2) is 0 Å². The summed E-state index contributed by atoms with van der Waals surface area (Å²) >= 11 is 1.32. The van der Waals surface area contributed by atoms with E-state index in [1.54, 1.807) is 16.3 Å². The van der Waals surface area contributed by atoms with Gasteiger partial charge in [-0.2, -0.15) is 0 Å². The minimum Gasteiger partial charge on any atom is -0.478 e. The number of aliphatic hydroxyl groups is 1. The summed E-state index contributed by atoms with van der Waals surface area (Å²) in [6, 6.07) is 1.66. The summed E-state index contributed by atoms with van der Waals surface area (Å²) < 4.78 is 0. The maximum Gasteiger partial charge on any atom is 0.328 e. The van der Waals surface area contributed by atoms with Gasteiger partial charge in [0.05, 0.1) is 11.7 Å². The van der Waals surface area contributed by atoms with Gasteiger partial charge in [0.25, 0.3) is 5.91 Å². The third-order valence-corrected chi connectivity index (χ3v) is 3.61. The molecule has 1 amide bonds. The Kier molecular flexibility index (Phi) is 3.78. The van der Waals surface area contributed by atoms with Gasteiger partial charge in [-0.15, -0.1) is 11.3 Å². The molecule has 0 spiro atoms. The number of aliphatic hydroxyl groups excluding tert-OH is 1. The number of β-amino-alcohol motifs (C(OH)–C–C–N with tert-alkyl or cyclic N) is 1. The molecule has 1 aliphatic rings. The van der Waals surface area contributed by atoms with Crippen molar-refractivity contribution in [1.29, 1.82) is 0 Å². The molecule has 2 N–H and O–H groups in total. The predicted molar refractivity (Wildman–Crippen MR) is 67.5 cm³/mol. The molecular formula is C12H13NO4S. The summed E-state index contributed by atoms with van der Waals surface area (Å²) in [5.74, 6) is -1.13. The van der Waals surface area contributed by atoms with Crippen molar-refractivity contribution in [2.24, 2.45) is 0 Å². The number of carboxylic acids is 1. The predicted octanol–water partition coefficient (Wildman–Crippen LogP) is 1.05. The van der Waals surface area contributed by atoms with Gasteiger partial charge in [0, 0.05) is 29.4 Å². The molecule has 18 heavy (non-hydrogen) atoms. The van der Waals surface area contributed by atoms with E-state index in [1.165, 1.54) is 17.4 Å². The Morgan fingerprint density at radius 1 is 1.50 bits per heavy atom. The molecule has 0 radical (unpaired) electrons. The number of carbonyl (C=O) groups is 2. The van der Waals surface area contributed by atoms with Crippen molar-refractivity contribution in [2.45, 2.75) is 12.5 Å². The summed E-state index contributed by atoms with van der Waals surface area (Å²) in [6.45, 7) is 0.936. The number of likely N-dealkylation sites (tertiary alicyclic amines) is 1. The lowest BCUT2D eigenvalue weighted by molar-refractivity contribution is -0.131. The highest BCUT2D eigenvalue weighted by atomic mass is 32.1. The van der Waals surface area contributed by atoms with Crippen LogP contribution in [0.4, 0.5) is 0 Å². The molecule has 6 heteroatoms. The van der Waals surface area contributed by atoms with Gasteiger partial charge in [-0.25, -0.2) is 4.79 Å². The fraction of sp³-hybridized carbons (Fsp3) is 0.333. The van der Waals surface area contributed by atoms with Crippen molar-refractivity contribution < 1.29 is 19.8 Å². The number of thiophene rings is 1. The molecule has 1 fully saturated rings. The van der Waals surface area contributed by atoms with Gasteiger partial charge in [-0.05, 0) is 18.6 Å². The van der Waals surface area contributed by atoms with Crippen molar-refractivity contribution in [1.82, 2.24) is 4.90 Å². The van der Waals surface area contributed by atoms with Crippen LogP contribution >= 0.6 is 11.3 Å². The van der Waals surface area contributed by atoms with E-state index in [9.17, 15) is 14.7 Å².